The highest BCUT2D eigenvalue weighted by molar-refractivity contribution is 7.99. The third kappa shape index (κ3) is 4.24. The van der Waals surface area contributed by atoms with Crippen LogP contribution in [0.5, 0.6) is 0 Å². The quantitative estimate of drug-likeness (QED) is 0.918. The van der Waals surface area contributed by atoms with Gasteiger partial charge in [0.1, 0.15) is 0 Å². The van der Waals surface area contributed by atoms with E-state index in [0.29, 0.717) is 0 Å². The molecule has 0 amide bonds. The van der Waals surface area contributed by atoms with Gasteiger partial charge >= 0.3 is 0 Å². The molecule has 110 valence electrons. The maximum atomic E-state index is 3.65. The van der Waals surface area contributed by atoms with E-state index in [2.05, 4.69) is 52.3 Å². The van der Waals surface area contributed by atoms with Crippen LogP contribution in [-0.2, 0) is 6.42 Å². The molecule has 2 fully saturated rings. The SMILES string of the molecule is c1ccc(CC2CCN(CC3CSCCN3)CC2)cc1. The Morgan fingerprint density at radius 3 is 2.65 bits per heavy atom. The van der Waals surface area contributed by atoms with Crippen molar-refractivity contribution in [1.29, 1.82) is 0 Å². The maximum Gasteiger partial charge on any atom is 0.0285 e. The van der Waals surface area contributed by atoms with Crippen LogP contribution in [0.2, 0.25) is 0 Å². The number of benzene rings is 1. The minimum Gasteiger partial charge on any atom is -0.311 e. The molecule has 1 unspecified atom stereocenters. The Kier molecular flexibility index (Phi) is 5.40. The second kappa shape index (κ2) is 7.48. The summed E-state index contributed by atoms with van der Waals surface area (Å²) in [5, 5.41) is 3.65. The van der Waals surface area contributed by atoms with Crippen molar-refractivity contribution in [3.05, 3.63) is 35.9 Å². The fourth-order valence-electron chi connectivity index (χ4n) is 3.37. The number of piperidine rings is 1. The van der Waals surface area contributed by atoms with E-state index in [1.165, 1.54) is 62.5 Å². The normalized spacial score (nSPS) is 25.7. The summed E-state index contributed by atoms with van der Waals surface area (Å²) in [6, 6.07) is 11.7. The number of hydrogen-bond acceptors (Lipinski definition) is 3. The predicted octanol–water partition coefficient (Wildman–Crippen LogP) is 2.65. The summed E-state index contributed by atoms with van der Waals surface area (Å²) in [7, 11) is 0. The zero-order valence-corrected chi connectivity index (χ0v) is 13.1. The minimum absolute atomic E-state index is 0.722. The second-order valence-electron chi connectivity index (χ2n) is 6.16. The molecule has 2 aliphatic rings. The molecule has 2 aliphatic heterocycles. The van der Waals surface area contributed by atoms with E-state index in [9.17, 15) is 0 Å². The summed E-state index contributed by atoms with van der Waals surface area (Å²) >= 11 is 2.10. The minimum atomic E-state index is 0.722. The predicted molar refractivity (Wildman–Crippen MR) is 88.4 cm³/mol. The van der Waals surface area contributed by atoms with Crippen molar-refractivity contribution in [3.8, 4) is 0 Å². The molecule has 2 saturated heterocycles. The zero-order chi connectivity index (χ0) is 13.6. The van der Waals surface area contributed by atoms with Crippen LogP contribution in [0.15, 0.2) is 30.3 Å². The van der Waals surface area contributed by atoms with Gasteiger partial charge in [-0.25, -0.2) is 0 Å². The lowest BCUT2D eigenvalue weighted by atomic mass is 9.90. The highest BCUT2D eigenvalue weighted by Crippen LogP contribution is 2.22. The van der Waals surface area contributed by atoms with E-state index in [1.54, 1.807) is 0 Å². The van der Waals surface area contributed by atoms with Gasteiger partial charge in [0.05, 0.1) is 0 Å². The van der Waals surface area contributed by atoms with E-state index in [0.717, 1.165) is 12.0 Å². The smallest absolute Gasteiger partial charge is 0.0285 e. The molecular formula is C17H26N2S. The van der Waals surface area contributed by atoms with Gasteiger partial charge in [-0.1, -0.05) is 30.3 Å². The molecular weight excluding hydrogens is 264 g/mol. The first kappa shape index (κ1) is 14.4. The van der Waals surface area contributed by atoms with Crippen molar-refractivity contribution in [3.63, 3.8) is 0 Å². The van der Waals surface area contributed by atoms with Crippen molar-refractivity contribution >= 4 is 11.8 Å². The molecule has 1 aromatic carbocycles. The standard InChI is InChI=1S/C17H26N2S/c1-2-4-15(5-3-1)12-16-6-9-19(10-7-16)13-17-14-20-11-8-18-17/h1-5,16-18H,6-14H2. The molecule has 0 bridgehead atoms. The Labute approximate surface area is 127 Å². The van der Waals surface area contributed by atoms with Gasteiger partial charge in [0.25, 0.3) is 0 Å². The lowest BCUT2D eigenvalue weighted by Crippen LogP contribution is -2.48. The lowest BCUT2D eigenvalue weighted by Gasteiger charge is -2.35. The van der Waals surface area contributed by atoms with E-state index in [1.807, 2.05) is 0 Å². The Morgan fingerprint density at radius 2 is 1.95 bits per heavy atom. The van der Waals surface area contributed by atoms with Gasteiger partial charge in [-0.2, -0.15) is 11.8 Å². The average molecular weight is 290 g/mol. The molecule has 2 nitrogen and oxygen atoms in total. The molecule has 0 aromatic heterocycles. The van der Waals surface area contributed by atoms with Crippen molar-refractivity contribution < 1.29 is 0 Å². The number of likely N-dealkylation sites (tertiary alicyclic amines) is 1. The average Bonchev–Trinajstić information content (AvgIpc) is 2.51. The van der Waals surface area contributed by atoms with Crippen LogP contribution in [-0.4, -0.2) is 48.6 Å². The van der Waals surface area contributed by atoms with Crippen LogP contribution in [0.25, 0.3) is 0 Å². The number of nitrogens with one attached hydrogen (secondary N) is 1. The first-order valence-electron chi connectivity index (χ1n) is 7.97. The highest BCUT2D eigenvalue weighted by Gasteiger charge is 2.22. The number of thioether (sulfide) groups is 1. The molecule has 1 N–H and O–H groups in total. The third-order valence-electron chi connectivity index (χ3n) is 4.55. The van der Waals surface area contributed by atoms with Crippen molar-refractivity contribution in [2.45, 2.75) is 25.3 Å². The van der Waals surface area contributed by atoms with Gasteiger partial charge in [-0.3, -0.25) is 0 Å². The highest BCUT2D eigenvalue weighted by atomic mass is 32.2. The maximum absolute atomic E-state index is 3.65. The topological polar surface area (TPSA) is 15.3 Å². The molecule has 0 saturated carbocycles. The Morgan fingerprint density at radius 1 is 1.15 bits per heavy atom. The van der Waals surface area contributed by atoms with E-state index < -0.39 is 0 Å². The summed E-state index contributed by atoms with van der Waals surface area (Å²) < 4.78 is 0. The van der Waals surface area contributed by atoms with E-state index in [4.69, 9.17) is 0 Å². The van der Waals surface area contributed by atoms with Crippen LogP contribution < -0.4 is 5.32 Å². The largest absolute Gasteiger partial charge is 0.311 e. The monoisotopic (exact) mass is 290 g/mol. The van der Waals surface area contributed by atoms with Gasteiger partial charge in [-0.15, -0.1) is 0 Å². The molecule has 1 aromatic rings. The zero-order valence-electron chi connectivity index (χ0n) is 12.3. The number of nitrogens with zero attached hydrogens (tertiary/aromatic N) is 1. The fraction of sp³-hybridized carbons (Fsp3) is 0.647. The van der Waals surface area contributed by atoms with Gasteiger partial charge in [-0.05, 0) is 43.8 Å². The van der Waals surface area contributed by atoms with Crippen molar-refractivity contribution in [1.82, 2.24) is 10.2 Å². The first-order chi connectivity index (χ1) is 9.90. The molecule has 3 heteroatoms. The van der Waals surface area contributed by atoms with Crippen LogP contribution in [0.4, 0.5) is 0 Å². The summed E-state index contributed by atoms with van der Waals surface area (Å²) in [5.74, 6) is 3.47. The molecule has 20 heavy (non-hydrogen) atoms. The summed E-state index contributed by atoms with van der Waals surface area (Å²) in [6.45, 7) is 5.03. The molecule has 3 rings (SSSR count). The van der Waals surface area contributed by atoms with Gasteiger partial charge in [0, 0.05) is 30.6 Å². The summed E-state index contributed by atoms with van der Waals surface area (Å²) in [6.07, 6.45) is 4.01. The molecule has 0 spiro atoms. The second-order valence-corrected chi connectivity index (χ2v) is 7.31. The van der Waals surface area contributed by atoms with Crippen molar-refractivity contribution in [2.24, 2.45) is 5.92 Å². The van der Waals surface area contributed by atoms with Crippen LogP contribution >= 0.6 is 11.8 Å². The van der Waals surface area contributed by atoms with Crippen molar-refractivity contribution in [2.75, 3.05) is 37.7 Å². The van der Waals surface area contributed by atoms with E-state index >= 15 is 0 Å². The molecule has 0 aliphatic carbocycles. The number of rotatable bonds is 4. The molecule has 0 radical (unpaired) electrons. The van der Waals surface area contributed by atoms with E-state index in [-0.39, 0.29) is 0 Å². The van der Waals surface area contributed by atoms with Crippen LogP contribution in [0, 0.1) is 5.92 Å². The summed E-state index contributed by atoms with van der Waals surface area (Å²) in [5.41, 5.74) is 1.51. The lowest BCUT2D eigenvalue weighted by molar-refractivity contribution is 0.171. The number of hydrogen-bond donors (Lipinski definition) is 1. The Hall–Kier alpha value is -0.510. The van der Waals surface area contributed by atoms with Gasteiger partial charge in [0.15, 0.2) is 0 Å². The molecule has 1 atom stereocenters. The Balaban J connectivity index is 1.40. The third-order valence-corrected chi connectivity index (χ3v) is 5.68. The summed E-state index contributed by atoms with van der Waals surface area (Å²) in [4.78, 5) is 2.67. The Bertz CT molecular complexity index is 381. The molecule has 2 heterocycles. The van der Waals surface area contributed by atoms with Gasteiger partial charge < -0.3 is 10.2 Å². The van der Waals surface area contributed by atoms with Crippen LogP contribution in [0.1, 0.15) is 18.4 Å². The van der Waals surface area contributed by atoms with Gasteiger partial charge in [0.2, 0.25) is 0 Å². The first-order valence-corrected chi connectivity index (χ1v) is 9.13. The van der Waals surface area contributed by atoms with Crippen LogP contribution in [0.3, 0.4) is 0 Å². The fourth-order valence-corrected chi connectivity index (χ4v) is 4.31.